The third-order valence-electron chi connectivity index (χ3n) is 5.60. The van der Waals surface area contributed by atoms with Crippen molar-refractivity contribution in [3.63, 3.8) is 0 Å². The molecule has 7 heteroatoms. The van der Waals surface area contributed by atoms with Crippen LogP contribution in [-0.4, -0.2) is 39.9 Å². The lowest BCUT2D eigenvalue weighted by Crippen LogP contribution is -2.25. The van der Waals surface area contributed by atoms with Gasteiger partial charge in [-0.15, -0.1) is 0 Å². The Morgan fingerprint density at radius 2 is 2.07 bits per heavy atom. The zero-order valence-electron chi connectivity index (χ0n) is 17.4. The van der Waals surface area contributed by atoms with E-state index in [1.807, 2.05) is 32.3 Å². The van der Waals surface area contributed by atoms with E-state index < -0.39 is 0 Å². The number of likely N-dealkylation sites (N-methyl/N-ethyl adjacent to an activating group) is 1. The van der Waals surface area contributed by atoms with Crippen molar-refractivity contribution in [2.45, 2.75) is 20.0 Å². The van der Waals surface area contributed by atoms with E-state index in [9.17, 15) is 9.59 Å². The molecule has 2 aromatic heterocycles. The number of aryl methyl sites for hydroxylation is 1. The first kappa shape index (κ1) is 19.7. The number of nitrogens with zero attached hydrogens (tertiary/aromatic N) is 3. The number of fused-ring (bicyclic) bond motifs is 2. The van der Waals surface area contributed by atoms with Crippen LogP contribution in [0.1, 0.15) is 22.4 Å². The van der Waals surface area contributed by atoms with Gasteiger partial charge in [0.1, 0.15) is 5.82 Å². The lowest BCUT2D eigenvalue weighted by Gasteiger charge is -2.16. The van der Waals surface area contributed by atoms with Crippen molar-refractivity contribution in [2.75, 3.05) is 18.9 Å². The summed E-state index contributed by atoms with van der Waals surface area (Å²) >= 11 is 0. The standard InChI is InChI=1S/C23H25N5O2/c1-15-19(18-6-4-5-7-20(18)28(15)3)14-27(2)22(30)9-8-16-10-17-12-24-21(29)13-26-23(17)25-11-16/h4-11H,12-14H2,1-3H3,(H,24,29)(H,25,26)/b9-8+. The van der Waals surface area contributed by atoms with E-state index in [0.29, 0.717) is 18.9 Å². The van der Waals surface area contributed by atoms with E-state index in [-0.39, 0.29) is 18.4 Å². The highest BCUT2D eigenvalue weighted by Gasteiger charge is 2.16. The van der Waals surface area contributed by atoms with Gasteiger partial charge in [0.2, 0.25) is 11.8 Å². The second-order valence-electron chi connectivity index (χ2n) is 7.57. The molecule has 0 fully saturated rings. The highest BCUT2D eigenvalue weighted by molar-refractivity contribution is 5.92. The molecular weight excluding hydrogens is 378 g/mol. The third kappa shape index (κ3) is 3.78. The van der Waals surface area contributed by atoms with Crippen molar-refractivity contribution < 1.29 is 9.59 Å². The van der Waals surface area contributed by atoms with Gasteiger partial charge in [0.25, 0.3) is 0 Å². The minimum absolute atomic E-state index is 0.0642. The van der Waals surface area contributed by atoms with Crippen molar-refractivity contribution in [3.05, 3.63) is 65.0 Å². The van der Waals surface area contributed by atoms with Gasteiger partial charge in [0.05, 0.1) is 6.54 Å². The first-order valence-electron chi connectivity index (χ1n) is 9.89. The molecule has 2 N–H and O–H groups in total. The lowest BCUT2D eigenvalue weighted by atomic mass is 10.1. The van der Waals surface area contributed by atoms with Gasteiger partial charge in [-0.05, 0) is 36.3 Å². The summed E-state index contributed by atoms with van der Waals surface area (Å²) in [5, 5.41) is 7.00. The molecule has 30 heavy (non-hydrogen) atoms. The van der Waals surface area contributed by atoms with E-state index in [0.717, 1.165) is 27.9 Å². The highest BCUT2D eigenvalue weighted by Crippen LogP contribution is 2.26. The quantitative estimate of drug-likeness (QED) is 0.657. The Balaban J connectivity index is 1.49. The number of pyridine rings is 1. The van der Waals surface area contributed by atoms with Crippen molar-refractivity contribution in [1.82, 2.24) is 19.8 Å². The second-order valence-corrected chi connectivity index (χ2v) is 7.57. The summed E-state index contributed by atoms with van der Waals surface area (Å²) in [6.07, 6.45) is 5.02. The first-order chi connectivity index (χ1) is 14.4. The van der Waals surface area contributed by atoms with Crippen molar-refractivity contribution in [2.24, 2.45) is 7.05 Å². The zero-order chi connectivity index (χ0) is 21.3. The van der Waals surface area contributed by atoms with Crippen LogP contribution < -0.4 is 10.6 Å². The Kier molecular flexibility index (Phi) is 5.27. The fourth-order valence-electron chi connectivity index (χ4n) is 3.74. The average molecular weight is 403 g/mol. The van der Waals surface area contributed by atoms with Crippen LogP contribution in [0.2, 0.25) is 0 Å². The van der Waals surface area contributed by atoms with Crippen LogP contribution >= 0.6 is 0 Å². The van der Waals surface area contributed by atoms with Crippen LogP contribution in [0.5, 0.6) is 0 Å². The molecule has 0 radical (unpaired) electrons. The SMILES string of the molecule is Cc1c(CN(C)C(=O)/C=C/c2cnc3c(c2)CNC(=O)CN3)c2ccccc2n1C. The molecule has 0 spiro atoms. The Morgan fingerprint density at radius 1 is 1.27 bits per heavy atom. The summed E-state index contributed by atoms with van der Waals surface area (Å²) < 4.78 is 2.16. The van der Waals surface area contributed by atoms with Gasteiger partial charge in [0.15, 0.2) is 0 Å². The molecule has 4 rings (SSSR count). The number of carbonyl (C=O) groups excluding carboxylic acids is 2. The van der Waals surface area contributed by atoms with Gasteiger partial charge >= 0.3 is 0 Å². The summed E-state index contributed by atoms with van der Waals surface area (Å²) in [6, 6.07) is 10.2. The topological polar surface area (TPSA) is 79.3 Å². The van der Waals surface area contributed by atoms with Crippen molar-refractivity contribution >= 4 is 34.6 Å². The summed E-state index contributed by atoms with van der Waals surface area (Å²) in [5.74, 6) is 0.551. The fourth-order valence-corrected chi connectivity index (χ4v) is 3.74. The molecule has 3 aromatic rings. The summed E-state index contributed by atoms with van der Waals surface area (Å²) in [7, 11) is 3.86. The molecule has 1 aliphatic rings. The molecule has 0 bridgehead atoms. The number of benzene rings is 1. The molecule has 154 valence electrons. The smallest absolute Gasteiger partial charge is 0.246 e. The number of hydrogen-bond donors (Lipinski definition) is 2. The normalized spacial score (nSPS) is 13.6. The number of amides is 2. The van der Waals surface area contributed by atoms with Gasteiger partial charge in [-0.25, -0.2) is 4.98 Å². The van der Waals surface area contributed by atoms with Crippen LogP contribution in [0.4, 0.5) is 5.82 Å². The average Bonchev–Trinajstić information content (AvgIpc) is 2.89. The highest BCUT2D eigenvalue weighted by atomic mass is 16.2. The van der Waals surface area contributed by atoms with E-state index in [1.165, 1.54) is 5.39 Å². The maximum absolute atomic E-state index is 12.7. The summed E-state index contributed by atoms with van der Waals surface area (Å²) in [5.41, 5.74) is 5.19. The van der Waals surface area contributed by atoms with Crippen LogP contribution in [0.25, 0.3) is 17.0 Å². The predicted molar refractivity (Wildman–Crippen MR) is 118 cm³/mol. The molecule has 0 unspecified atom stereocenters. The van der Waals surface area contributed by atoms with E-state index in [4.69, 9.17) is 0 Å². The Bertz CT molecular complexity index is 1160. The number of hydrogen-bond acceptors (Lipinski definition) is 4. The van der Waals surface area contributed by atoms with Gasteiger partial charge in [0, 0.05) is 61.6 Å². The van der Waals surface area contributed by atoms with Gasteiger partial charge in [-0.2, -0.15) is 0 Å². The second kappa shape index (κ2) is 8.02. The largest absolute Gasteiger partial charge is 0.361 e. The molecule has 1 aromatic carbocycles. The number of anilines is 1. The molecule has 0 saturated heterocycles. The molecule has 7 nitrogen and oxygen atoms in total. The van der Waals surface area contributed by atoms with E-state index in [1.54, 1.807) is 23.2 Å². The summed E-state index contributed by atoms with van der Waals surface area (Å²) in [6.45, 7) is 3.25. The predicted octanol–water partition coefficient (Wildman–Crippen LogP) is 2.60. The molecule has 1 aliphatic heterocycles. The Labute approximate surface area is 175 Å². The Morgan fingerprint density at radius 3 is 2.90 bits per heavy atom. The van der Waals surface area contributed by atoms with Crippen LogP contribution in [0.3, 0.4) is 0 Å². The fraction of sp³-hybridized carbons (Fsp3) is 0.261. The maximum Gasteiger partial charge on any atom is 0.246 e. The molecule has 3 heterocycles. The molecular formula is C23H25N5O2. The minimum Gasteiger partial charge on any atom is -0.361 e. The van der Waals surface area contributed by atoms with Crippen LogP contribution in [0, 0.1) is 6.92 Å². The van der Waals surface area contributed by atoms with E-state index in [2.05, 4.69) is 39.2 Å². The maximum atomic E-state index is 12.7. The number of rotatable bonds is 4. The number of para-hydroxylation sites is 1. The molecule has 0 aliphatic carbocycles. The first-order valence-corrected chi connectivity index (χ1v) is 9.89. The summed E-state index contributed by atoms with van der Waals surface area (Å²) in [4.78, 5) is 30.3. The van der Waals surface area contributed by atoms with Crippen molar-refractivity contribution in [1.29, 1.82) is 0 Å². The zero-order valence-corrected chi connectivity index (χ0v) is 17.4. The van der Waals surface area contributed by atoms with E-state index >= 15 is 0 Å². The third-order valence-corrected chi connectivity index (χ3v) is 5.60. The molecule has 2 amide bonds. The molecule has 0 atom stereocenters. The minimum atomic E-state index is -0.0799. The number of carbonyl (C=O) groups is 2. The van der Waals surface area contributed by atoms with Gasteiger partial charge in [-0.1, -0.05) is 18.2 Å². The van der Waals surface area contributed by atoms with Crippen molar-refractivity contribution in [3.8, 4) is 0 Å². The van der Waals surface area contributed by atoms with Crippen LogP contribution in [-0.2, 0) is 29.7 Å². The lowest BCUT2D eigenvalue weighted by molar-refractivity contribution is -0.125. The van der Waals surface area contributed by atoms with Crippen LogP contribution in [0.15, 0.2) is 42.6 Å². The van der Waals surface area contributed by atoms with Gasteiger partial charge in [-0.3, -0.25) is 9.59 Å². The van der Waals surface area contributed by atoms with Gasteiger partial charge < -0.3 is 20.1 Å². The number of aromatic nitrogens is 2. The monoisotopic (exact) mass is 403 g/mol. The number of nitrogens with one attached hydrogen (secondary N) is 2. The Hall–Kier alpha value is -3.61. The molecule has 0 saturated carbocycles.